The molecule has 0 aliphatic heterocycles. The molecular weight excluding hydrogens is 278 g/mol. The Morgan fingerprint density at radius 1 is 1.15 bits per heavy atom. The molecule has 0 saturated carbocycles. The van der Waals surface area contributed by atoms with Gasteiger partial charge in [0.2, 0.25) is 0 Å². The van der Waals surface area contributed by atoms with E-state index < -0.39 is 10.0 Å². The molecule has 0 aliphatic carbocycles. The Balaban J connectivity index is 2.41. The topological polar surface area (TPSA) is 75.6 Å². The summed E-state index contributed by atoms with van der Waals surface area (Å²) in [6, 6.07) is 11.0. The van der Waals surface area contributed by atoms with Gasteiger partial charge < -0.3 is 9.84 Å². The van der Waals surface area contributed by atoms with Crippen LogP contribution in [0.4, 0.5) is 5.69 Å². The lowest BCUT2D eigenvalue weighted by Gasteiger charge is -2.12. The Labute approximate surface area is 117 Å². The van der Waals surface area contributed by atoms with Crippen LogP contribution in [0.5, 0.6) is 11.5 Å². The SMILES string of the molecule is COc1ccc(O)c(NS(=O)(=O)c2ccccc2C)c1. The van der Waals surface area contributed by atoms with Gasteiger partial charge in [0.25, 0.3) is 10.0 Å². The van der Waals surface area contributed by atoms with Gasteiger partial charge in [-0.05, 0) is 30.7 Å². The summed E-state index contributed by atoms with van der Waals surface area (Å²) in [6.45, 7) is 1.71. The fourth-order valence-electron chi connectivity index (χ4n) is 1.78. The van der Waals surface area contributed by atoms with E-state index in [1.54, 1.807) is 31.2 Å². The van der Waals surface area contributed by atoms with E-state index in [0.717, 1.165) is 0 Å². The molecule has 2 rings (SSSR count). The van der Waals surface area contributed by atoms with Gasteiger partial charge in [-0.3, -0.25) is 4.72 Å². The Morgan fingerprint density at radius 2 is 1.85 bits per heavy atom. The van der Waals surface area contributed by atoms with Crippen molar-refractivity contribution in [2.45, 2.75) is 11.8 Å². The lowest BCUT2D eigenvalue weighted by atomic mass is 10.2. The summed E-state index contributed by atoms with van der Waals surface area (Å²) >= 11 is 0. The Hall–Kier alpha value is -2.21. The minimum absolute atomic E-state index is 0.0765. The van der Waals surface area contributed by atoms with Crippen LogP contribution < -0.4 is 9.46 Å². The van der Waals surface area contributed by atoms with E-state index in [1.165, 1.54) is 25.3 Å². The Bertz CT molecular complexity index is 726. The van der Waals surface area contributed by atoms with Crippen LogP contribution in [-0.4, -0.2) is 20.6 Å². The van der Waals surface area contributed by atoms with Crippen LogP contribution in [0.25, 0.3) is 0 Å². The maximum absolute atomic E-state index is 12.3. The lowest BCUT2D eigenvalue weighted by molar-refractivity contribution is 0.413. The van der Waals surface area contributed by atoms with Gasteiger partial charge in [0.05, 0.1) is 17.7 Å². The molecule has 0 radical (unpaired) electrons. The summed E-state index contributed by atoms with van der Waals surface area (Å²) in [4.78, 5) is 0.169. The van der Waals surface area contributed by atoms with Crippen molar-refractivity contribution in [1.29, 1.82) is 0 Å². The predicted molar refractivity (Wildman–Crippen MR) is 76.6 cm³/mol. The number of rotatable bonds is 4. The monoisotopic (exact) mass is 293 g/mol. The average Bonchev–Trinajstić information content (AvgIpc) is 2.41. The molecule has 0 aromatic heterocycles. The number of hydrogen-bond donors (Lipinski definition) is 2. The highest BCUT2D eigenvalue weighted by atomic mass is 32.2. The number of aryl methyl sites for hydroxylation is 1. The second kappa shape index (κ2) is 5.42. The Morgan fingerprint density at radius 3 is 2.50 bits per heavy atom. The van der Waals surface area contributed by atoms with Crippen molar-refractivity contribution in [3.05, 3.63) is 48.0 Å². The minimum Gasteiger partial charge on any atom is -0.506 e. The first-order valence-corrected chi connectivity index (χ1v) is 7.38. The van der Waals surface area contributed by atoms with Gasteiger partial charge in [-0.1, -0.05) is 18.2 Å². The molecule has 2 N–H and O–H groups in total. The zero-order valence-corrected chi connectivity index (χ0v) is 11.9. The maximum atomic E-state index is 12.3. The third kappa shape index (κ3) is 2.85. The zero-order valence-electron chi connectivity index (χ0n) is 11.1. The Kier molecular flexibility index (Phi) is 3.85. The number of benzene rings is 2. The second-order valence-corrected chi connectivity index (χ2v) is 5.90. The van der Waals surface area contributed by atoms with Gasteiger partial charge in [0, 0.05) is 6.07 Å². The first kappa shape index (κ1) is 14.2. The van der Waals surface area contributed by atoms with E-state index in [4.69, 9.17) is 4.74 Å². The summed E-state index contributed by atoms with van der Waals surface area (Å²) in [5, 5.41) is 9.73. The van der Waals surface area contributed by atoms with E-state index in [2.05, 4.69) is 4.72 Å². The number of methoxy groups -OCH3 is 1. The number of phenols is 1. The smallest absolute Gasteiger partial charge is 0.262 e. The normalized spacial score (nSPS) is 11.1. The third-order valence-corrected chi connectivity index (χ3v) is 4.36. The number of aromatic hydroxyl groups is 1. The average molecular weight is 293 g/mol. The van der Waals surface area contributed by atoms with Crippen molar-refractivity contribution < 1.29 is 18.3 Å². The van der Waals surface area contributed by atoms with Crippen LogP contribution >= 0.6 is 0 Å². The summed E-state index contributed by atoms with van der Waals surface area (Å²) in [5.41, 5.74) is 0.704. The van der Waals surface area contributed by atoms with Gasteiger partial charge in [-0.2, -0.15) is 0 Å². The number of ether oxygens (including phenoxy) is 1. The molecule has 0 bridgehead atoms. The molecule has 6 heteroatoms. The molecule has 2 aromatic rings. The molecule has 0 fully saturated rings. The largest absolute Gasteiger partial charge is 0.506 e. The molecule has 0 aliphatic rings. The van der Waals surface area contributed by atoms with Gasteiger partial charge in [-0.25, -0.2) is 8.42 Å². The fourth-order valence-corrected chi connectivity index (χ4v) is 3.09. The quantitative estimate of drug-likeness (QED) is 0.849. The van der Waals surface area contributed by atoms with Crippen molar-refractivity contribution in [1.82, 2.24) is 0 Å². The van der Waals surface area contributed by atoms with Crippen LogP contribution in [0.3, 0.4) is 0 Å². The van der Waals surface area contributed by atoms with Crippen molar-refractivity contribution in [3.63, 3.8) is 0 Å². The molecule has 20 heavy (non-hydrogen) atoms. The van der Waals surface area contributed by atoms with E-state index in [9.17, 15) is 13.5 Å². The van der Waals surface area contributed by atoms with Crippen molar-refractivity contribution >= 4 is 15.7 Å². The molecule has 0 unspecified atom stereocenters. The number of phenolic OH excluding ortho intramolecular Hbond substituents is 1. The molecule has 0 spiro atoms. The number of nitrogens with one attached hydrogen (secondary N) is 1. The van der Waals surface area contributed by atoms with Crippen molar-refractivity contribution in [2.24, 2.45) is 0 Å². The fraction of sp³-hybridized carbons (Fsp3) is 0.143. The van der Waals surface area contributed by atoms with Crippen molar-refractivity contribution in [3.8, 4) is 11.5 Å². The van der Waals surface area contributed by atoms with Crippen LogP contribution in [0.1, 0.15) is 5.56 Å². The number of sulfonamides is 1. The molecule has 106 valence electrons. The van der Waals surface area contributed by atoms with E-state index in [0.29, 0.717) is 11.3 Å². The molecule has 5 nitrogen and oxygen atoms in total. The first-order chi connectivity index (χ1) is 9.44. The highest BCUT2D eigenvalue weighted by Crippen LogP contribution is 2.30. The first-order valence-electron chi connectivity index (χ1n) is 5.89. The lowest BCUT2D eigenvalue weighted by Crippen LogP contribution is -2.14. The predicted octanol–water partition coefficient (Wildman–Crippen LogP) is 2.51. The standard InChI is InChI=1S/C14H15NO4S/c1-10-5-3-4-6-14(10)20(17,18)15-12-9-11(19-2)7-8-13(12)16/h3-9,15-16H,1-2H3. The molecule has 2 aromatic carbocycles. The van der Waals surface area contributed by atoms with Crippen LogP contribution in [0.2, 0.25) is 0 Å². The second-order valence-electron chi connectivity index (χ2n) is 4.25. The van der Waals surface area contributed by atoms with Crippen LogP contribution in [0, 0.1) is 6.92 Å². The van der Waals surface area contributed by atoms with Crippen LogP contribution in [-0.2, 0) is 10.0 Å². The third-order valence-electron chi connectivity index (χ3n) is 2.83. The van der Waals surface area contributed by atoms with Gasteiger partial charge in [0.15, 0.2) is 0 Å². The van der Waals surface area contributed by atoms with Gasteiger partial charge >= 0.3 is 0 Å². The molecule has 0 saturated heterocycles. The van der Waals surface area contributed by atoms with Crippen LogP contribution in [0.15, 0.2) is 47.4 Å². The highest BCUT2D eigenvalue weighted by Gasteiger charge is 2.18. The summed E-state index contributed by atoms with van der Waals surface area (Å²) in [6.07, 6.45) is 0. The zero-order chi connectivity index (χ0) is 14.8. The summed E-state index contributed by atoms with van der Waals surface area (Å²) in [5.74, 6) is 0.285. The van der Waals surface area contributed by atoms with Crippen molar-refractivity contribution in [2.75, 3.05) is 11.8 Å². The number of hydrogen-bond acceptors (Lipinski definition) is 4. The van der Waals surface area contributed by atoms with Gasteiger partial charge in [0.1, 0.15) is 11.5 Å². The number of anilines is 1. The highest BCUT2D eigenvalue weighted by molar-refractivity contribution is 7.92. The van der Waals surface area contributed by atoms with E-state index in [1.807, 2.05) is 0 Å². The minimum atomic E-state index is -3.76. The van der Waals surface area contributed by atoms with Gasteiger partial charge in [-0.15, -0.1) is 0 Å². The molecule has 0 heterocycles. The van der Waals surface area contributed by atoms with E-state index >= 15 is 0 Å². The van der Waals surface area contributed by atoms with E-state index in [-0.39, 0.29) is 16.3 Å². The molecular formula is C14H15NO4S. The summed E-state index contributed by atoms with van der Waals surface area (Å²) < 4.78 is 32.0. The maximum Gasteiger partial charge on any atom is 0.262 e. The molecule has 0 atom stereocenters. The summed E-state index contributed by atoms with van der Waals surface area (Å²) in [7, 11) is -2.29. The molecule has 0 amide bonds.